The van der Waals surface area contributed by atoms with E-state index in [4.69, 9.17) is 27.9 Å². The maximum Gasteiger partial charge on any atom is 0.283 e. The summed E-state index contributed by atoms with van der Waals surface area (Å²) >= 11 is 12.1. The van der Waals surface area contributed by atoms with Gasteiger partial charge in [0.05, 0.1) is 11.7 Å². The van der Waals surface area contributed by atoms with Gasteiger partial charge in [-0.2, -0.15) is 4.37 Å². The Kier molecular flexibility index (Phi) is 3.33. The topological polar surface area (TPSA) is 65.0 Å². The standard InChI is InChI=1S/C8H3Cl2N3O2S/c9-6-4(2-1-3-11-6)15-8-5(14)7(10)12-16-13-8/h1-3H. The van der Waals surface area contributed by atoms with Crippen molar-refractivity contribution in [1.82, 2.24) is 13.7 Å². The van der Waals surface area contributed by atoms with E-state index < -0.39 is 5.43 Å². The van der Waals surface area contributed by atoms with Crippen LogP contribution in [0.15, 0.2) is 23.1 Å². The summed E-state index contributed by atoms with van der Waals surface area (Å²) in [5, 5.41) is -0.0448. The lowest BCUT2D eigenvalue weighted by atomic mass is 10.4. The number of nitrogens with zero attached hydrogens (tertiary/aromatic N) is 3. The average Bonchev–Trinajstić information content (AvgIpc) is 2.28. The first-order chi connectivity index (χ1) is 7.68. The number of rotatable bonds is 2. The summed E-state index contributed by atoms with van der Waals surface area (Å²) in [5.41, 5.74) is -0.583. The maximum atomic E-state index is 11.4. The van der Waals surface area contributed by atoms with E-state index in [9.17, 15) is 4.79 Å². The Labute approximate surface area is 104 Å². The average molecular weight is 276 g/mol. The zero-order valence-corrected chi connectivity index (χ0v) is 9.88. The first kappa shape index (κ1) is 11.3. The highest BCUT2D eigenvalue weighted by atomic mass is 35.5. The molecule has 0 amide bonds. The molecular formula is C8H3Cl2N3O2S. The predicted molar refractivity (Wildman–Crippen MR) is 60.5 cm³/mol. The van der Waals surface area contributed by atoms with Crippen molar-refractivity contribution in [2.24, 2.45) is 0 Å². The molecule has 0 aliphatic heterocycles. The van der Waals surface area contributed by atoms with Gasteiger partial charge in [0.2, 0.25) is 0 Å². The van der Waals surface area contributed by atoms with Crippen LogP contribution < -0.4 is 10.2 Å². The minimum Gasteiger partial charge on any atom is -0.432 e. The summed E-state index contributed by atoms with van der Waals surface area (Å²) in [4.78, 5) is 15.2. The molecule has 5 nitrogen and oxygen atoms in total. The molecule has 2 aromatic heterocycles. The van der Waals surface area contributed by atoms with Crippen LogP contribution in [-0.4, -0.2) is 13.7 Å². The molecule has 0 spiro atoms. The summed E-state index contributed by atoms with van der Waals surface area (Å²) < 4.78 is 12.4. The third kappa shape index (κ3) is 2.29. The fraction of sp³-hybridized carbons (Fsp3) is 0. The number of pyridine rings is 1. The Morgan fingerprint density at radius 1 is 1.25 bits per heavy atom. The molecule has 2 aromatic rings. The molecule has 0 saturated heterocycles. The van der Waals surface area contributed by atoms with Crippen LogP contribution in [0.3, 0.4) is 0 Å². The van der Waals surface area contributed by atoms with Crippen molar-refractivity contribution in [2.45, 2.75) is 0 Å². The third-order valence-electron chi connectivity index (χ3n) is 1.56. The van der Waals surface area contributed by atoms with Gasteiger partial charge >= 0.3 is 0 Å². The molecule has 0 aliphatic carbocycles. The van der Waals surface area contributed by atoms with Crippen LogP contribution in [0.4, 0.5) is 0 Å². The second-order valence-electron chi connectivity index (χ2n) is 2.58. The van der Waals surface area contributed by atoms with Crippen molar-refractivity contribution in [3.8, 4) is 11.6 Å². The van der Waals surface area contributed by atoms with E-state index >= 15 is 0 Å². The van der Waals surface area contributed by atoms with Gasteiger partial charge in [-0.1, -0.05) is 23.2 Å². The number of hydrogen-bond acceptors (Lipinski definition) is 6. The zero-order chi connectivity index (χ0) is 11.5. The van der Waals surface area contributed by atoms with Gasteiger partial charge in [0.1, 0.15) is 0 Å². The van der Waals surface area contributed by atoms with Crippen LogP contribution in [0.2, 0.25) is 10.3 Å². The minimum absolute atomic E-state index is 0.140. The molecule has 8 heteroatoms. The van der Waals surface area contributed by atoms with Crippen LogP contribution in [0.1, 0.15) is 0 Å². The summed E-state index contributed by atoms with van der Waals surface area (Å²) in [7, 11) is 0. The molecule has 16 heavy (non-hydrogen) atoms. The predicted octanol–water partition coefficient (Wildman–Crippen LogP) is 2.39. The Morgan fingerprint density at radius 2 is 2.06 bits per heavy atom. The van der Waals surface area contributed by atoms with Gasteiger partial charge in [-0.15, -0.1) is 4.37 Å². The number of halogens is 2. The number of hydrogen-bond donors (Lipinski definition) is 0. The zero-order valence-electron chi connectivity index (χ0n) is 7.55. The summed E-state index contributed by atoms with van der Waals surface area (Å²) in [5.74, 6) is 0.0723. The Morgan fingerprint density at radius 3 is 2.81 bits per heavy atom. The van der Waals surface area contributed by atoms with E-state index in [1.54, 1.807) is 12.1 Å². The molecule has 0 N–H and O–H groups in total. The lowest BCUT2D eigenvalue weighted by molar-refractivity contribution is 0.460. The second kappa shape index (κ2) is 4.73. The quantitative estimate of drug-likeness (QED) is 0.788. The van der Waals surface area contributed by atoms with Gasteiger partial charge in [0.15, 0.2) is 16.1 Å². The van der Waals surface area contributed by atoms with E-state index in [1.807, 2.05) is 0 Å². The van der Waals surface area contributed by atoms with Gasteiger partial charge in [0, 0.05) is 6.20 Å². The molecule has 0 fully saturated rings. The molecule has 0 radical (unpaired) electrons. The van der Waals surface area contributed by atoms with E-state index in [-0.39, 0.29) is 21.9 Å². The highest BCUT2D eigenvalue weighted by Gasteiger charge is 2.11. The number of ether oxygens (including phenoxy) is 1. The fourth-order valence-electron chi connectivity index (χ4n) is 0.881. The van der Waals surface area contributed by atoms with Gasteiger partial charge in [0.25, 0.3) is 11.3 Å². The largest absolute Gasteiger partial charge is 0.432 e. The van der Waals surface area contributed by atoms with Gasteiger partial charge < -0.3 is 4.74 Å². The van der Waals surface area contributed by atoms with Crippen LogP contribution in [0, 0.1) is 0 Å². The van der Waals surface area contributed by atoms with Crippen molar-refractivity contribution < 1.29 is 4.74 Å². The van der Waals surface area contributed by atoms with Crippen molar-refractivity contribution in [3.05, 3.63) is 38.9 Å². The van der Waals surface area contributed by atoms with Crippen molar-refractivity contribution in [2.75, 3.05) is 0 Å². The smallest absolute Gasteiger partial charge is 0.283 e. The second-order valence-corrected chi connectivity index (χ2v) is 3.83. The summed E-state index contributed by atoms with van der Waals surface area (Å²) in [6.07, 6.45) is 1.50. The Hall–Kier alpha value is -1.24. The number of aromatic nitrogens is 3. The lowest BCUT2D eigenvalue weighted by Gasteiger charge is -2.03. The van der Waals surface area contributed by atoms with E-state index in [0.29, 0.717) is 0 Å². The lowest BCUT2D eigenvalue weighted by Crippen LogP contribution is -2.07. The van der Waals surface area contributed by atoms with Gasteiger partial charge in [-0.05, 0) is 12.1 Å². The molecule has 0 atom stereocenters. The van der Waals surface area contributed by atoms with Crippen LogP contribution in [0.25, 0.3) is 0 Å². The van der Waals surface area contributed by atoms with Crippen molar-refractivity contribution >= 4 is 34.9 Å². The van der Waals surface area contributed by atoms with E-state index in [2.05, 4.69) is 13.7 Å². The highest BCUT2D eigenvalue weighted by Crippen LogP contribution is 2.24. The van der Waals surface area contributed by atoms with Crippen LogP contribution >= 0.6 is 34.9 Å². The molecule has 0 aromatic carbocycles. The van der Waals surface area contributed by atoms with Crippen molar-refractivity contribution in [3.63, 3.8) is 0 Å². The normalized spacial score (nSPS) is 10.1. The SMILES string of the molecule is O=c1c(Cl)nsnc1Oc1cccnc1Cl. The summed E-state index contributed by atoms with van der Waals surface area (Å²) in [6.45, 7) is 0. The maximum absolute atomic E-state index is 11.4. The van der Waals surface area contributed by atoms with Gasteiger partial charge in [-0.25, -0.2) is 4.98 Å². The first-order valence-corrected chi connectivity index (χ1v) is 5.48. The Bertz CT molecular complexity index is 575. The van der Waals surface area contributed by atoms with Crippen molar-refractivity contribution in [1.29, 1.82) is 0 Å². The van der Waals surface area contributed by atoms with Gasteiger partial charge in [-0.3, -0.25) is 4.79 Å². The van der Waals surface area contributed by atoms with E-state index in [1.165, 1.54) is 6.20 Å². The molecular weight excluding hydrogens is 273 g/mol. The molecule has 2 heterocycles. The van der Waals surface area contributed by atoms with E-state index in [0.717, 1.165) is 11.7 Å². The molecule has 0 bridgehead atoms. The minimum atomic E-state index is -0.583. The summed E-state index contributed by atoms with van der Waals surface area (Å²) in [6, 6.07) is 3.19. The Balaban J connectivity index is 2.39. The fourth-order valence-corrected chi connectivity index (χ4v) is 1.60. The third-order valence-corrected chi connectivity index (χ3v) is 2.71. The first-order valence-electron chi connectivity index (χ1n) is 3.99. The molecule has 0 unspecified atom stereocenters. The molecule has 82 valence electrons. The van der Waals surface area contributed by atoms with Crippen LogP contribution in [-0.2, 0) is 0 Å². The highest BCUT2D eigenvalue weighted by molar-refractivity contribution is 6.99. The monoisotopic (exact) mass is 275 g/mol. The molecule has 2 rings (SSSR count). The molecule has 0 saturated carbocycles. The van der Waals surface area contributed by atoms with Crippen LogP contribution in [0.5, 0.6) is 11.6 Å². The molecule has 0 aliphatic rings.